The average Bonchev–Trinajstić information content (AvgIpc) is 3.38. The summed E-state index contributed by atoms with van der Waals surface area (Å²) in [6.07, 6.45) is 7.81. The predicted molar refractivity (Wildman–Crippen MR) is 300 cm³/mol. The fourth-order valence-electron chi connectivity index (χ4n) is 14.6. The molecule has 4 fully saturated rings. The Bertz CT molecular complexity index is 3270. The third-order valence-electron chi connectivity index (χ3n) is 17.0. The van der Waals surface area contributed by atoms with E-state index < -0.39 is 0 Å². The molecule has 71 heavy (non-hydrogen) atoms. The zero-order valence-corrected chi connectivity index (χ0v) is 42.3. The van der Waals surface area contributed by atoms with Crippen LogP contribution >= 0.6 is 0 Å². The highest BCUT2D eigenvalue weighted by molar-refractivity contribution is 6.96. The second-order valence-electron chi connectivity index (χ2n) is 22.1. The molecule has 3 heteroatoms. The first-order chi connectivity index (χ1) is 34.5. The Morgan fingerprint density at radius 2 is 0.789 bits per heavy atom. The first-order valence-corrected chi connectivity index (χ1v) is 26.1. The van der Waals surface area contributed by atoms with Crippen molar-refractivity contribution >= 4 is 23.1 Å². The van der Waals surface area contributed by atoms with Gasteiger partial charge in [0, 0.05) is 16.7 Å². The van der Waals surface area contributed by atoms with Crippen LogP contribution < -0.4 is 16.4 Å². The van der Waals surface area contributed by atoms with Crippen molar-refractivity contribution in [2.75, 3.05) is 0 Å². The summed E-state index contributed by atoms with van der Waals surface area (Å²) in [5, 5.41) is 0. The molecule has 1 aromatic heterocycles. The summed E-state index contributed by atoms with van der Waals surface area (Å²) < 4.78 is 0. The summed E-state index contributed by atoms with van der Waals surface area (Å²) >= 11 is 0. The van der Waals surface area contributed by atoms with Crippen molar-refractivity contribution in [1.29, 1.82) is 0 Å². The van der Waals surface area contributed by atoms with Crippen LogP contribution in [0.2, 0.25) is 0 Å². The molecule has 4 bridgehead atoms. The van der Waals surface area contributed by atoms with Crippen molar-refractivity contribution in [2.45, 2.75) is 90.9 Å². The van der Waals surface area contributed by atoms with E-state index >= 15 is 0 Å². The molecule has 4 aliphatic carbocycles. The molecule has 4 aliphatic rings. The largest absolute Gasteiger partial charge is 0.242 e. The van der Waals surface area contributed by atoms with Gasteiger partial charge in [0.2, 0.25) is 6.71 Å². The minimum absolute atomic E-state index is 0.140. The zero-order chi connectivity index (χ0) is 48.4. The van der Waals surface area contributed by atoms with E-state index in [1.807, 2.05) is 0 Å². The Morgan fingerprint density at radius 1 is 0.380 bits per heavy atom. The van der Waals surface area contributed by atoms with Crippen LogP contribution in [0.5, 0.6) is 0 Å². The monoisotopic (exact) mass is 919 g/mol. The van der Waals surface area contributed by atoms with Crippen LogP contribution in [0.1, 0.15) is 83.0 Å². The van der Waals surface area contributed by atoms with E-state index in [1.54, 1.807) is 0 Å². The Hall–Kier alpha value is -7.10. The van der Waals surface area contributed by atoms with Crippen molar-refractivity contribution in [3.63, 3.8) is 0 Å². The van der Waals surface area contributed by atoms with Crippen molar-refractivity contribution in [1.82, 2.24) is 9.97 Å². The van der Waals surface area contributed by atoms with Gasteiger partial charge in [0.1, 0.15) is 0 Å². The molecule has 2 nitrogen and oxygen atoms in total. The highest BCUT2D eigenvalue weighted by atomic mass is 14.9. The highest BCUT2D eigenvalue weighted by Crippen LogP contribution is 2.66. The molecule has 4 saturated carbocycles. The maximum atomic E-state index is 5.16. The molecule has 0 saturated heterocycles. The SMILES string of the molecule is Cc1cc(C)c(B(c2cccc(-c3cccc(-c4ccc(C56CC7CC(C5)CC(c5ccc(-c8nc(-c9ccccc9)cc(-c9ccccc9)n8)cc5)(C7)C6)cc4)c3)c2)c2c(C)cc(C)cc2C)c(C)c1. The van der Waals surface area contributed by atoms with E-state index in [1.165, 1.54) is 122 Å². The minimum atomic E-state index is 0.140. The summed E-state index contributed by atoms with van der Waals surface area (Å²) in [6.45, 7) is 13.8. The van der Waals surface area contributed by atoms with Crippen LogP contribution in [0.3, 0.4) is 0 Å². The number of nitrogens with zero attached hydrogens (tertiary/aromatic N) is 2. The number of aromatic nitrogens is 2. The highest BCUT2D eigenvalue weighted by Gasteiger charge is 2.58. The van der Waals surface area contributed by atoms with Crippen LogP contribution in [-0.2, 0) is 10.8 Å². The molecule has 1 heterocycles. The molecule has 0 radical (unpaired) electrons. The smallest absolute Gasteiger partial charge is 0.228 e. The topological polar surface area (TPSA) is 25.8 Å². The summed E-state index contributed by atoms with van der Waals surface area (Å²) in [6, 6.07) is 70.4. The van der Waals surface area contributed by atoms with Crippen LogP contribution in [0.25, 0.3) is 56.2 Å². The summed E-state index contributed by atoms with van der Waals surface area (Å²) in [7, 11) is 0. The lowest BCUT2D eigenvalue weighted by Gasteiger charge is -2.63. The Morgan fingerprint density at radius 3 is 1.27 bits per heavy atom. The summed E-state index contributed by atoms with van der Waals surface area (Å²) in [5.41, 5.74) is 25.9. The molecule has 0 aliphatic heterocycles. The molecule has 8 aromatic carbocycles. The lowest BCUT2D eigenvalue weighted by atomic mass is 9.34. The van der Waals surface area contributed by atoms with E-state index in [9.17, 15) is 0 Å². The lowest BCUT2D eigenvalue weighted by Crippen LogP contribution is -2.55. The third kappa shape index (κ3) is 8.38. The Labute approximate surface area is 422 Å². The van der Waals surface area contributed by atoms with Gasteiger partial charge in [-0.15, -0.1) is 0 Å². The molecule has 9 aromatic rings. The van der Waals surface area contributed by atoms with Crippen LogP contribution in [0.4, 0.5) is 0 Å². The molecule has 2 atom stereocenters. The van der Waals surface area contributed by atoms with Crippen LogP contribution in [0.15, 0.2) is 188 Å². The van der Waals surface area contributed by atoms with Gasteiger partial charge in [0.25, 0.3) is 0 Å². The first-order valence-electron chi connectivity index (χ1n) is 26.1. The summed E-state index contributed by atoms with van der Waals surface area (Å²) in [5.74, 6) is 2.30. The van der Waals surface area contributed by atoms with Gasteiger partial charge >= 0.3 is 0 Å². The van der Waals surface area contributed by atoms with Gasteiger partial charge < -0.3 is 0 Å². The molecule has 2 unspecified atom stereocenters. The van der Waals surface area contributed by atoms with Crippen LogP contribution in [0, 0.1) is 53.4 Å². The van der Waals surface area contributed by atoms with Crippen LogP contribution in [-0.4, -0.2) is 16.7 Å². The Balaban J connectivity index is 0.829. The molecular formula is C68H63BN2. The molecule has 0 spiro atoms. The number of rotatable bonds is 10. The molecule has 0 N–H and O–H groups in total. The minimum Gasteiger partial charge on any atom is -0.228 e. The van der Waals surface area contributed by atoms with Crippen molar-refractivity contribution in [2.24, 2.45) is 11.8 Å². The van der Waals surface area contributed by atoms with Crippen molar-refractivity contribution in [3.8, 4) is 56.2 Å². The number of hydrogen-bond acceptors (Lipinski definition) is 2. The average molecular weight is 919 g/mol. The number of benzene rings is 8. The Kier molecular flexibility index (Phi) is 11.4. The maximum absolute atomic E-state index is 5.16. The van der Waals surface area contributed by atoms with Gasteiger partial charge in [0.15, 0.2) is 5.82 Å². The normalized spacial score (nSPS) is 20.0. The third-order valence-corrected chi connectivity index (χ3v) is 17.0. The van der Waals surface area contributed by atoms with Crippen molar-refractivity contribution in [3.05, 3.63) is 233 Å². The van der Waals surface area contributed by atoms with Gasteiger partial charge in [0.05, 0.1) is 11.4 Å². The van der Waals surface area contributed by atoms with E-state index in [4.69, 9.17) is 9.97 Å². The number of aryl methyl sites for hydroxylation is 6. The molecular weight excluding hydrogens is 856 g/mol. The van der Waals surface area contributed by atoms with Crippen molar-refractivity contribution < 1.29 is 0 Å². The second-order valence-corrected chi connectivity index (χ2v) is 22.1. The number of hydrogen-bond donors (Lipinski definition) is 0. The van der Waals surface area contributed by atoms with Gasteiger partial charge in [-0.3, -0.25) is 0 Å². The standard InChI is InChI=1S/C68H63BN2/c1-44-31-46(3)64(47(4)32-44)69(65-48(5)33-45(2)34-49(65)6)61-22-14-21-58(37-61)57-20-13-19-56(36-57)52-23-27-59(28-24-52)67-39-50-35-51(40-67)42-68(41-50,43-67)60-29-25-55(26-30-60)66-70-62(53-15-9-7-10-16-53)38-63(71-66)54-17-11-8-12-18-54/h7-34,36-38,50-51H,35,39-43H2,1-6H3. The fourth-order valence-corrected chi connectivity index (χ4v) is 14.6. The molecule has 0 amide bonds. The molecule has 13 rings (SSSR count). The fraction of sp³-hybridized carbons (Fsp3) is 0.235. The van der Waals surface area contributed by atoms with E-state index in [0.717, 1.165) is 45.7 Å². The zero-order valence-electron chi connectivity index (χ0n) is 42.3. The summed E-state index contributed by atoms with van der Waals surface area (Å²) in [4.78, 5) is 10.3. The van der Waals surface area contributed by atoms with E-state index in [-0.39, 0.29) is 17.5 Å². The van der Waals surface area contributed by atoms with E-state index in [0.29, 0.717) is 0 Å². The predicted octanol–water partition coefficient (Wildman–Crippen LogP) is 15.0. The second kappa shape index (κ2) is 17.9. The maximum Gasteiger partial charge on any atom is 0.242 e. The van der Waals surface area contributed by atoms with Gasteiger partial charge in [-0.2, -0.15) is 0 Å². The van der Waals surface area contributed by atoms with Gasteiger partial charge in [-0.1, -0.05) is 226 Å². The first kappa shape index (κ1) is 45.1. The van der Waals surface area contributed by atoms with Gasteiger partial charge in [-0.25, -0.2) is 9.97 Å². The van der Waals surface area contributed by atoms with Gasteiger partial charge in [-0.05, 0) is 148 Å². The molecule has 348 valence electrons. The quantitative estimate of drug-likeness (QED) is 0.128. The lowest BCUT2D eigenvalue weighted by molar-refractivity contribution is -0.0281. The van der Waals surface area contributed by atoms with E-state index in [2.05, 4.69) is 230 Å².